The molecular weight excluding hydrogens is 440 g/mol. The minimum atomic E-state index is -0.696. The highest BCUT2D eigenvalue weighted by atomic mass is 16.5. The van der Waals surface area contributed by atoms with Crippen molar-refractivity contribution >= 4 is 17.3 Å². The van der Waals surface area contributed by atoms with Crippen molar-refractivity contribution in [1.29, 1.82) is 0 Å². The largest absolute Gasteiger partial charge is 0.481 e. The molecule has 1 aliphatic carbocycles. The van der Waals surface area contributed by atoms with Crippen LogP contribution in [-0.2, 0) is 4.79 Å². The van der Waals surface area contributed by atoms with E-state index < -0.39 is 11.4 Å². The lowest BCUT2D eigenvalue weighted by molar-refractivity contribution is -0.152. The van der Waals surface area contributed by atoms with Gasteiger partial charge in [0, 0.05) is 23.9 Å². The van der Waals surface area contributed by atoms with Gasteiger partial charge in [0.05, 0.1) is 5.41 Å². The van der Waals surface area contributed by atoms with Gasteiger partial charge < -0.3 is 15.6 Å². The SMILES string of the molecule is CCC[C@@]1(C(=O)O)CCC[C@@H](c2nc(-c3ccc(Oc4ccccc4)cc3)c3c(N)nccn23)C1. The molecule has 3 N–H and O–H groups in total. The summed E-state index contributed by atoms with van der Waals surface area (Å²) in [6, 6.07) is 17.4. The normalized spacial score (nSPS) is 20.1. The number of nitrogens with two attached hydrogens (primary N) is 1. The van der Waals surface area contributed by atoms with Crippen LogP contribution in [0.5, 0.6) is 11.5 Å². The summed E-state index contributed by atoms with van der Waals surface area (Å²) in [5.74, 6) is 2.10. The first kappa shape index (κ1) is 22.9. The van der Waals surface area contributed by atoms with E-state index >= 15 is 0 Å². The summed E-state index contributed by atoms with van der Waals surface area (Å²) in [6.07, 6.45) is 8.16. The molecule has 2 heterocycles. The number of fused-ring (bicyclic) bond motifs is 1. The molecule has 0 amide bonds. The highest BCUT2D eigenvalue weighted by molar-refractivity contribution is 5.85. The first-order valence-corrected chi connectivity index (χ1v) is 12.2. The van der Waals surface area contributed by atoms with Crippen LogP contribution in [0, 0.1) is 5.41 Å². The van der Waals surface area contributed by atoms with E-state index in [9.17, 15) is 9.90 Å². The van der Waals surface area contributed by atoms with Crippen molar-refractivity contribution in [2.24, 2.45) is 5.41 Å². The zero-order chi connectivity index (χ0) is 24.4. The first-order valence-electron chi connectivity index (χ1n) is 12.2. The molecule has 1 saturated carbocycles. The van der Waals surface area contributed by atoms with Crippen LogP contribution in [0.4, 0.5) is 5.82 Å². The fraction of sp³-hybridized carbons (Fsp3) is 0.321. The number of hydrogen-bond acceptors (Lipinski definition) is 5. The molecule has 2 atom stereocenters. The molecule has 0 saturated heterocycles. The third kappa shape index (κ3) is 4.34. The predicted molar refractivity (Wildman–Crippen MR) is 136 cm³/mol. The number of aliphatic carboxylic acids is 1. The van der Waals surface area contributed by atoms with Crippen LogP contribution in [0.3, 0.4) is 0 Å². The number of nitrogens with zero attached hydrogens (tertiary/aromatic N) is 3. The number of benzene rings is 2. The number of para-hydroxylation sites is 1. The molecule has 1 fully saturated rings. The topological polar surface area (TPSA) is 103 Å². The Balaban J connectivity index is 1.52. The van der Waals surface area contributed by atoms with Gasteiger partial charge in [0.1, 0.15) is 34.4 Å². The standard InChI is InChI=1S/C28H30N4O3/c1-2-14-28(27(33)34)15-6-7-20(18-28)26-31-23(24-25(29)30-16-17-32(24)26)19-10-12-22(13-11-19)35-21-8-4-3-5-9-21/h3-5,8-13,16-17,20H,2,6-7,14-15,18H2,1H3,(H2,29,30)(H,33,34)/t20-,28-/m1/s1. The lowest BCUT2D eigenvalue weighted by Crippen LogP contribution is -2.36. The van der Waals surface area contributed by atoms with Gasteiger partial charge in [0.25, 0.3) is 0 Å². The van der Waals surface area contributed by atoms with Crippen LogP contribution in [0.25, 0.3) is 16.8 Å². The van der Waals surface area contributed by atoms with E-state index in [2.05, 4.69) is 11.9 Å². The van der Waals surface area contributed by atoms with Crippen molar-refractivity contribution in [3.05, 3.63) is 72.8 Å². The molecule has 0 bridgehead atoms. The molecule has 4 aromatic rings. The average Bonchev–Trinajstić information content (AvgIpc) is 3.26. The Labute approximate surface area is 204 Å². The fourth-order valence-electron chi connectivity index (χ4n) is 5.47. The Kier molecular flexibility index (Phi) is 6.16. The van der Waals surface area contributed by atoms with E-state index in [1.54, 1.807) is 6.20 Å². The molecule has 0 aliphatic heterocycles. The molecule has 2 aromatic carbocycles. The molecule has 1 aliphatic rings. The van der Waals surface area contributed by atoms with Gasteiger partial charge in [-0.1, -0.05) is 38.0 Å². The van der Waals surface area contributed by atoms with Crippen molar-refractivity contribution in [2.75, 3.05) is 5.73 Å². The number of aromatic nitrogens is 3. The average molecular weight is 471 g/mol. The highest BCUT2D eigenvalue weighted by Gasteiger charge is 2.43. The van der Waals surface area contributed by atoms with Crippen LogP contribution in [0.1, 0.15) is 57.2 Å². The molecule has 0 radical (unpaired) electrons. The Morgan fingerprint density at radius 2 is 1.91 bits per heavy atom. The van der Waals surface area contributed by atoms with Crippen molar-refractivity contribution in [3.8, 4) is 22.8 Å². The van der Waals surface area contributed by atoms with Crippen molar-refractivity contribution in [2.45, 2.75) is 51.4 Å². The second-order valence-corrected chi connectivity index (χ2v) is 9.42. The Morgan fingerprint density at radius 3 is 2.63 bits per heavy atom. The quantitative estimate of drug-likeness (QED) is 0.329. The first-order chi connectivity index (χ1) is 17.0. The molecule has 5 rings (SSSR count). The number of anilines is 1. The van der Waals surface area contributed by atoms with Crippen LogP contribution in [0.15, 0.2) is 67.0 Å². The Bertz CT molecular complexity index is 1330. The van der Waals surface area contributed by atoms with Gasteiger partial charge in [0.15, 0.2) is 0 Å². The minimum Gasteiger partial charge on any atom is -0.481 e. The van der Waals surface area contributed by atoms with Crippen LogP contribution < -0.4 is 10.5 Å². The maximum atomic E-state index is 12.3. The van der Waals surface area contributed by atoms with Gasteiger partial charge >= 0.3 is 5.97 Å². The molecule has 7 nitrogen and oxygen atoms in total. The summed E-state index contributed by atoms with van der Waals surface area (Å²) in [5.41, 5.74) is 8.04. The zero-order valence-corrected chi connectivity index (χ0v) is 19.9. The van der Waals surface area contributed by atoms with Gasteiger partial charge in [-0.3, -0.25) is 9.20 Å². The van der Waals surface area contributed by atoms with Crippen LogP contribution in [0.2, 0.25) is 0 Å². The van der Waals surface area contributed by atoms with Gasteiger partial charge in [-0.2, -0.15) is 0 Å². The summed E-state index contributed by atoms with van der Waals surface area (Å²) in [4.78, 5) is 21.6. The minimum absolute atomic E-state index is 0.0372. The van der Waals surface area contributed by atoms with Crippen molar-refractivity contribution < 1.29 is 14.6 Å². The third-order valence-electron chi connectivity index (χ3n) is 7.11. The predicted octanol–water partition coefficient (Wildman–Crippen LogP) is 6.30. The summed E-state index contributed by atoms with van der Waals surface area (Å²) >= 11 is 0. The van der Waals surface area contributed by atoms with Gasteiger partial charge in [-0.05, 0) is 62.1 Å². The molecule has 7 heteroatoms. The van der Waals surface area contributed by atoms with Crippen LogP contribution in [-0.4, -0.2) is 25.4 Å². The summed E-state index contributed by atoms with van der Waals surface area (Å²) < 4.78 is 7.93. The third-order valence-corrected chi connectivity index (χ3v) is 7.11. The van der Waals surface area contributed by atoms with Gasteiger partial charge in [-0.25, -0.2) is 9.97 Å². The summed E-state index contributed by atoms with van der Waals surface area (Å²) in [5, 5.41) is 10.1. The highest BCUT2D eigenvalue weighted by Crippen LogP contribution is 2.47. The smallest absolute Gasteiger partial charge is 0.309 e. The number of carboxylic acid groups (broad SMARTS) is 1. The summed E-state index contributed by atoms with van der Waals surface area (Å²) in [7, 11) is 0. The molecule has 35 heavy (non-hydrogen) atoms. The molecular formula is C28H30N4O3. The lowest BCUT2D eigenvalue weighted by atomic mass is 9.67. The lowest BCUT2D eigenvalue weighted by Gasteiger charge is -2.37. The van der Waals surface area contributed by atoms with Gasteiger partial charge in [0.2, 0.25) is 0 Å². The second kappa shape index (κ2) is 9.41. The van der Waals surface area contributed by atoms with E-state index in [-0.39, 0.29) is 5.92 Å². The second-order valence-electron chi connectivity index (χ2n) is 9.42. The van der Waals surface area contributed by atoms with E-state index in [1.807, 2.05) is 65.2 Å². The molecule has 2 aromatic heterocycles. The van der Waals surface area contributed by atoms with E-state index in [4.69, 9.17) is 15.5 Å². The molecule has 180 valence electrons. The monoisotopic (exact) mass is 470 g/mol. The van der Waals surface area contributed by atoms with Crippen molar-refractivity contribution in [1.82, 2.24) is 14.4 Å². The number of hydrogen-bond donors (Lipinski definition) is 2. The van der Waals surface area contributed by atoms with E-state index in [0.717, 1.165) is 59.8 Å². The number of carbonyl (C=O) groups is 1. The maximum Gasteiger partial charge on any atom is 0.309 e. The fourth-order valence-corrected chi connectivity index (χ4v) is 5.47. The molecule has 0 unspecified atom stereocenters. The summed E-state index contributed by atoms with van der Waals surface area (Å²) in [6.45, 7) is 2.05. The number of rotatable bonds is 7. The number of ether oxygens (including phenoxy) is 1. The number of nitrogen functional groups attached to an aromatic ring is 1. The Hall–Kier alpha value is -3.87. The van der Waals surface area contributed by atoms with E-state index in [0.29, 0.717) is 18.7 Å². The Morgan fingerprint density at radius 1 is 1.17 bits per heavy atom. The van der Waals surface area contributed by atoms with Crippen molar-refractivity contribution in [3.63, 3.8) is 0 Å². The zero-order valence-electron chi connectivity index (χ0n) is 19.9. The number of imidazole rings is 1. The molecule has 0 spiro atoms. The maximum absolute atomic E-state index is 12.3. The number of carboxylic acids is 1. The van der Waals surface area contributed by atoms with E-state index in [1.165, 1.54) is 0 Å². The van der Waals surface area contributed by atoms with Gasteiger partial charge in [-0.15, -0.1) is 0 Å². The van der Waals surface area contributed by atoms with Crippen LogP contribution >= 0.6 is 0 Å².